The Bertz CT molecular complexity index is 541. The van der Waals surface area contributed by atoms with E-state index in [1.807, 2.05) is 0 Å². The van der Waals surface area contributed by atoms with Gasteiger partial charge in [-0.2, -0.15) is 5.10 Å². The van der Waals surface area contributed by atoms with Crippen molar-refractivity contribution in [1.82, 2.24) is 14.9 Å². The van der Waals surface area contributed by atoms with Crippen LogP contribution in [0.2, 0.25) is 0 Å². The quantitative estimate of drug-likeness (QED) is 0.757. The van der Waals surface area contributed by atoms with E-state index in [4.69, 9.17) is 14.2 Å². The maximum atomic E-state index is 5.25. The third-order valence-corrected chi connectivity index (χ3v) is 2.42. The van der Waals surface area contributed by atoms with Crippen molar-refractivity contribution in [3.05, 3.63) is 30.4 Å². The molecule has 1 aromatic carbocycles. The summed E-state index contributed by atoms with van der Waals surface area (Å²) in [7, 11) is 4.69. The summed E-state index contributed by atoms with van der Waals surface area (Å²) in [5.41, 5.74) is 0.796. The van der Waals surface area contributed by atoms with E-state index in [0.29, 0.717) is 17.2 Å². The van der Waals surface area contributed by atoms with Crippen LogP contribution >= 0.6 is 0 Å². The predicted octanol–water partition coefficient (Wildman–Crippen LogP) is 1.19. The Balaban J connectivity index is 2.36. The van der Waals surface area contributed by atoms with Gasteiger partial charge in [0.05, 0.1) is 27.5 Å². The van der Waals surface area contributed by atoms with Crippen molar-refractivity contribution >= 4 is 6.21 Å². The predicted molar refractivity (Wildman–Crippen MR) is 69.1 cm³/mol. The Morgan fingerprint density at radius 2 is 1.79 bits per heavy atom. The molecule has 7 heteroatoms. The average molecular weight is 262 g/mol. The number of aromatic nitrogens is 3. The fraction of sp³-hybridized carbons (Fsp3) is 0.250. The lowest BCUT2D eigenvalue weighted by atomic mass is 10.2. The molecule has 0 atom stereocenters. The Hall–Kier alpha value is -2.57. The van der Waals surface area contributed by atoms with Gasteiger partial charge in [0.15, 0.2) is 11.5 Å². The topological polar surface area (TPSA) is 70.8 Å². The largest absolute Gasteiger partial charge is 0.493 e. The second-order valence-electron chi connectivity index (χ2n) is 3.52. The molecule has 1 aromatic heterocycles. The molecule has 7 nitrogen and oxygen atoms in total. The van der Waals surface area contributed by atoms with Gasteiger partial charge in [0.25, 0.3) is 0 Å². The zero-order chi connectivity index (χ0) is 13.7. The Morgan fingerprint density at radius 3 is 2.26 bits per heavy atom. The third-order valence-electron chi connectivity index (χ3n) is 2.42. The lowest BCUT2D eigenvalue weighted by Gasteiger charge is -2.12. The smallest absolute Gasteiger partial charge is 0.203 e. The van der Waals surface area contributed by atoms with Crippen LogP contribution in [-0.2, 0) is 0 Å². The van der Waals surface area contributed by atoms with Crippen LogP contribution in [0.25, 0.3) is 0 Å². The highest BCUT2D eigenvalue weighted by Gasteiger charge is 2.12. The van der Waals surface area contributed by atoms with Crippen molar-refractivity contribution in [3.8, 4) is 17.2 Å². The van der Waals surface area contributed by atoms with E-state index in [2.05, 4.69) is 15.2 Å². The number of rotatable bonds is 5. The van der Waals surface area contributed by atoms with Crippen LogP contribution in [0, 0.1) is 0 Å². The van der Waals surface area contributed by atoms with Crippen LogP contribution in [0.3, 0.4) is 0 Å². The average Bonchev–Trinajstić information content (AvgIpc) is 2.97. The molecule has 0 amide bonds. The molecule has 2 aromatic rings. The van der Waals surface area contributed by atoms with Crippen molar-refractivity contribution in [2.24, 2.45) is 5.10 Å². The van der Waals surface area contributed by atoms with Gasteiger partial charge in [-0.05, 0) is 12.1 Å². The highest BCUT2D eigenvalue weighted by Crippen LogP contribution is 2.37. The minimum atomic E-state index is 0.544. The van der Waals surface area contributed by atoms with Gasteiger partial charge in [-0.25, -0.2) is 4.98 Å². The minimum absolute atomic E-state index is 0.544. The Labute approximate surface area is 110 Å². The molecular formula is C12H14N4O3. The number of hydrogen-bond acceptors (Lipinski definition) is 6. The van der Waals surface area contributed by atoms with Gasteiger partial charge in [0.1, 0.15) is 12.7 Å². The molecule has 2 rings (SSSR count). The molecule has 100 valence electrons. The van der Waals surface area contributed by atoms with Crippen molar-refractivity contribution < 1.29 is 14.2 Å². The fourth-order valence-electron chi connectivity index (χ4n) is 1.56. The highest BCUT2D eigenvalue weighted by molar-refractivity contribution is 5.82. The van der Waals surface area contributed by atoms with E-state index in [9.17, 15) is 0 Å². The standard InChI is InChI=1S/C12H14N4O3/c1-17-10-4-9(5-11(18-2)12(10)19-3)6-14-16-8-13-7-15-16/h4-8H,1-3H3/b14-6-. The summed E-state index contributed by atoms with van der Waals surface area (Å²) in [6.07, 6.45) is 4.53. The third kappa shape index (κ3) is 2.82. The lowest BCUT2D eigenvalue weighted by molar-refractivity contribution is 0.324. The summed E-state index contributed by atoms with van der Waals surface area (Å²) in [6.45, 7) is 0. The second kappa shape index (κ2) is 5.85. The number of hydrogen-bond donors (Lipinski definition) is 0. The van der Waals surface area contributed by atoms with E-state index in [1.165, 1.54) is 17.4 Å². The van der Waals surface area contributed by atoms with E-state index < -0.39 is 0 Å². The SMILES string of the molecule is COc1cc(/C=N\n2cncn2)cc(OC)c1OC. The second-order valence-corrected chi connectivity index (χ2v) is 3.52. The monoisotopic (exact) mass is 262 g/mol. The van der Waals surface area contributed by atoms with Crippen LogP contribution < -0.4 is 14.2 Å². The summed E-state index contributed by atoms with van der Waals surface area (Å²) in [5, 5.41) is 7.98. The molecule has 0 spiro atoms. The lowest BCUT2D eigenvalue weighted by Crippen LogP contribution is -1.97. The summed E-state index contributed by atoms with van der Waals surface area (Å²) in [6, 6.07) is 3.59. The van der Waals surface area contributed by atoms with Crippen molar-refractivity contribution in [1.29, 1.82) is 0 Å². The zero-order valence-electron chi connectivity index (χ0n) is 10.9. The van der Waals surface area contributed by atoms with Gasteiger partial charge < -0.3 is 14.2 Å². The summed E-state index contributed by atoms with van der Waals surface area (Å²) in [5.74, 6) is 1.69. The van der Waals surface area contributed by atoms with Crippen molar-refractivity contribution in [2.45, 2.75) is 0 Å². The maximum absolute atomic E-state index is 5.25. The van der Waals surface area contributed by atoms with Gasteiger partial charge in [-0.1, -0.05) is 0 Å². The van der Waals surface area contributed by atoms with Gasteiger partial charge in [-0.15, -0.1) is 9.89 Å². The van der Waals surface area contributed by atoms with Gasteiger partial charge >= 0.3 is 0 Å². The molecule has 0 N–H and O–H groups in total. The van der Waals surface area contributed by atoms with Crippen LogP contribution in [0.4, 0.5) is 0 Å². The highest BCUT2D eigenvalue weighted by atomic mass is 16.5. The van der Waals surface area contributed by atoms with E-state index in [-0.39, 0.29) is 0 Å². The van der Waals surface area contributed by atoms with Crippen molar-refractivity contribution in [3.63, 3.8) is 0 Å². The van der Waals surface area contributed by atoms with Gasteiger partial charge in [-0.3, -0.25) is 0 Å². The maximum Gasteiger partial charge on any atom is 0.203 e. The molecule has 0 bridgehead atoms. The van der Waals surface area contributed by atoms with Crippen LogP contribution in [-0.4, -0.2) is 42.4 Å². The number of nitrogens with zero attached hydrogens (tertiary/aromatic N) is 4. The van der Waals surface area contributed by atoms with Gasteiger partial charge in [0, 0.05) is 5.56 Å². The number of ether oxygens (including phenoxy) is 3. The molecule has 0 aliphatic carbocycles. The molecule has 0 saturated carbocycles. The first kappa shape index (κ1) is 12.9. The zero-order valence-corrected chi connectivity index (χ0v) is 10.9. The first-order valence-corrected chi connectivity index (χ1v) is 5.47. The number of methoxy groups -OCH3 is 3. The molecule has 0 saturated heterocycles. The van der Waals surface area contributed by atoms with E-state index in [0.717, 1.165) is 5.56 Å². The van der Waals surface area contributed by atoms with Crippen LogP contribution in [0.1, 0.15) is 5.56 Å². The van der Waals surface area contributed by atoms with Crippen LogP contribution in [0.5, 0.6) is 17.2 Å². The number of benzene rings is 1. The first-order valence-electron chi connectivity index (χ1n) is 5.47. The van der Waals surface area contributed by atoms with Gasteiger partial charge in [0.2, 0.25) is 5.75 Å². The Kier molecular flexibility index (Phi) is 3.97. The van der Waals surface area contributed by atoms with E-state index in [1.54, 1.807) is 39.7 Å². The Morgan fingerprint density at radius 1 is 1.11 bits per heavy atom. The molecular weight excluding hydrogens is 248 g/mol. The summed E-state index contributed by atoms with van der Waals surface area (Å²) >= 11 is 0. The normalized spacial score (nSPS) is 10.7. The molecule has 1 heterocycles. The van der Waals surface area contributed by atoms with E-state index >= 15 is 0 Å². The first-order chi connectivity index (χ1) is 9.28. The molecule has 0 aliphatic heterocycles. The molecule has 19 heavy (non-hydrogen) atoms. The molecule has 0 unspecified atom stereocenters. The van der Waals surface area contributed by atoms with Crippen LogP contribution in [0.15, 0.2) is 29.9 Å². The summed E-state index contributed by atoms with van der Waals surface area (Å²) < 4.78 is 15.8. The summed E-state index contributed by atoms with van der Waals surface area (Å²) in [4.78, 5) is 5.15. The van der Waals surface area contributed by atoms with Crippen molar-refractivity contribution in [2.75, 3.05) is 21.3 Å². The fourth-order valence-corrected chi connectivity index (χ4v) is 1.56. The molecule has 0 radical (unpaired) electrons. The minimum Gasteiger partial charge on any atom is -0.493 e. The molecule has 0 fully saturated rings. The molecule has 0 aliphatic rings.